The number of rotatable bonds is 2. The predicted molar refractivity (Wildman–Crippen MR) is 74.1 cm³/mol. The van der Waals surface area contributed by atoms with E-state index in [-0.39, 0.29) is 0 Å². The third-order valence-corrected chi connectivity index (χ3v) is 4.31. The molecular weight excluding hydrogens is 238 g/mol. The standard InChI is InChI=1S/C16H17NO2/c18-15(19)16(7-2-1-3-8-16)14-5-4-13-11-17-9-6-12(13)10-14/h4-6,9-11H,1-3,7-8H2,(H,18,19). The topological polar surface area (TPSA) is 50.2 Å². The van der Waals surface area contributed by atoms with Crippen LogP contribution in [0.5, 0.6) is 0 Å². The second-order valence-electron chi connectivity index (χ2n) is 5.39. The van der Waals surface area contributed by atoms with E-state index in [9.17, 15) is 9.90 Å². The van der Waals surface area contributed by atoms with Gasteiger partial charge in [0.2, 0.25) is 0 Å². The van der Waals surface area contributed by atoms with E-state index in [1.54, 1.807) is 6.20 Å². The normalized spacial score (nSPS) is 18.3. The van der Waals surface area contributed by atoms with Crippen LogP contribution >= 0.6 is 0 Å². The molecule has 1 saturated carbocycles. The smallest absolute Gasteiger partial charge is 0.314 e. The monoisotopic (exact) mass is 255 g/mol. The fraction of sp³-hybridized carbons (Fsp3) is 0.375. The molecule has 3 heteroatoms. The third kappa shape index (κ3) is 1.99. The van der Waals surface area contributed by atoms with Gasteiger partial charge in [0.25, 0.3) is 0 Å². The van der Waals surface area contributed by atoms with E-state index in [4.69, 9.17) is 0 Å². The van der Waals surface area contributed by atoms with Crippen LogP contribution < -0.4 is 0 Å². The van der Waals surface area contributed by atoms with Crippen molar-refractivity contribution < 1.29 is 9.90 Å². The molecule has 3 nitrogen and oxygen atoms in total. The molecule has 0 radical (unpaired) electrons. The molecule has 0 atom stereocenters. The summed E-state index contributed by atoms with van der Waals surface area (Å²) < 4.78 is 0. The number of carboxylic acid groups (broad SMARTS) is 1. The van der Waals surface area contributed by atoms with Crippen molar-refractivity contribution in [3.63, 3.8) is 0 Å². The van der Waals surface area contributed by atoms with Crippen LogP contribution in [0.1, 0.15) is 37.7 Å². The van der Waals surface area contributed by atoms with Crippen LogP contribution in [0.25, 0.3) is 10.8 Å². The van der Waals surface area contributed by atoms with Gasteiger partial charge in [-0.3, -0.25) is 9.78 Å². The first-order chi connectivity index (χ1) is 9.22. The lowest BCUT2D eigenvalue weighted by Crippen LogP contribution is -2.37. The van der Waals surface area contributed by atoms with Gasteiger partial charge in [-0.1, -0.05) is 31.4 Å². The second kappa shape index (κ2) is 4.65. The molecule has 1 N–H and O–H groups in total. The Balaban J connectivity index is 2.12. The summed E-state index contributed by atoms with van der Waals surface area (Å²) in [6.45, 7) is 0. The summed E-state index contributed by atoms with van der Waals surface area (Å²) in [4.78, 5) is 15.9. The fourth-order valence-electron chi connectivity index (χ4n) is 3.16. The number of hydrogen-bond donors (Lipinski definition) is 1. The lowest BCUT2D eigenvalue weighted by atomic mass is 9.69. The zero-order valence-electron chi connectivity index (χ0n) is 10.8. The summed E-state index contributed by atoms with van der Waals surface area (Å²) in [5, 5.41) is 11.8. The molecule has 3 rings (SSSR count). The van der Waals surface area contributed by atoms with Gasteiger partial charge >= 0.3 is 5.97 Å². The summed E-state index contributed by atoms with van der Waals surface area (Å²) in [6.07, 6.45) is 8.21. The highest BCUT2D eigenvalue weighted by molar-refractivity contribution is 5.87. The maximum atomic E-state index is 11.8. The van der Waals surface area contributed by atoms with Gasteiger partial charge in [-0.15, -0.1) is 0 Å². The lowest BCUT2D eigenvalue weighted by molar-refractivity contribution is -0.145. The Morgan fingerprint density at radius 1 is 1.11 bits per heavy atom. The number of carboxylic acids is 1. The Morgan fingerprint density at radius 2 is 1.89 bits per heavy atom. The van der Waals surface area contributed by atoms with E-state index < -0.39 is 11.4 Å². The quantitative estimate of drug-likeness (QED) is 0.893. The van der Waals surface area contributed by atoms with Crippen molar-refractivity contribution in [1.29, 1.82) is 0 Å². The van der Waals surface area contributed by atoms with Gasteiger partial charge in [0, 0.05) is 17.8 Å². The number of benzene rings is 1. The summed E-state index contributed by atoms with van der Waals surface area (Å²) in [7, 11) is 0. The van der Waals surface area contributed by atoms with E-state index in [1.807, 2.05) is 30.5 Å². The van der Waals surface area contributed by atoms with Crippen LogP contribution in [-0.4, -0.2) is 16.1 Å². The highest BCUT2D eigenvalue weighted by Gasteiger charge is 2.41. The van der Waals surface area contributed by atoms with Crippen molar-refractivity contribution in [2.24, 2.45) is 0 Å². The molecule has 0 saturated heterocycles. The molecule has 98 valence electrons. The first-order valence-electron chi connectivity index (χ1n) is 6.80. The van der Waals surface area contributed by atoms with Crippen LogP contribution in [0.2, 0.25) is 0 Å². The Hall–Kier alpha value is -1.90. The third-order valence-electron chi connectivity index (χ3n) is 4.31. The van der Waals surface area contributed by atoms with Crippen molar-refractivity contribution in [1.82, 2.24) is 4.98 Å². The van der Waals surface area contributed by atoms with Crippen molar-refractivity contribution >= 4 is 16.7 Å². The molecule has 0 amide bonds. The zero-order chi connectivity index (χ0) is 13.3. The number of aliphatic carboxylic acids is 1. The molecule has 0 aliphatic heterocycles. The fourth-order valence-corrected chi connectivity index (χ4v) is 3.16. The minimum atomic E-state index is -0.685. The molecule has 19 heavy (non-hydrogen) atoms. The van der Waals surface area contributed by atoms with Gasteiger partial charge in [0.15, 0.2) is 0 Å². The Kier molecular flexibility index (Phi) is 2.97. The number of nitrogens with zero attached hydrogens (tertiary/aromatic N) is 1. The van der Waals surface area contributed by atoms with Crippen molar-refractivity contribution in [2.75, 3.05) is 0 Å². The number of pyridine rings is 1. The average molecular weight is 255 g/mol. The number of carbonyl (C=O) groups is 1. The number of fused-ring (bicyclic) bond motifs is 1. The van der Waals surface area contributed by atoms with Gasteiger partial charge in [0.1, 0.15) is 0 Å². The maximum absolute atomic E-state index is 11.8. The summed E-state index contributed by atoms with van der Waals surface area (Å²) in [6, 6.07) is 7.91. The molecule has 0 spiro atoms. The van der Waals surface area contributed by atoms with E-state index in [2.05, 4.69) is 4.98 Å². The number of hydrogen-bond acceptors (Lipinski definition) is 2. The zero-order valence-corrected chi connectivity index (χ0v) is 10.8. The SMILES string of the molecule is O=C(O)C1(c2ccc3cnccc3c2)CCCCC1. The Bertz CT molecular complexity index is 615. The van der Waals surface area contributed by atoms with Gasteiger partial charge in [-0.25, -0.2) is 0 Å². The second-order valence-corrected chi connectivity index (χ2v) is 5.39. The highest BCUT2D eigenvalue weighted by Crippen LogP contribution is 2.40. The van der Waals surface area contributed by atoms with Crippen molar-refractivity contribution in [3.05, 3.63) is 42.2 Å². The van der Waals surface area contributed by atoms with Crippen LogP contribution in [0.15, 0.2) is 36.7 Å². The van der Waals surface area contributed by atoms with Crippen LogP contribution in [-0.2, 0) is 10.2 Å². The maximum Gasteiger partial charge on any atom is 0.314 e. The van der Waals surface area contributed by atoms with Crippen molar-refractivity contribution in [3.8, 4) is 0 Å². The lowest BCUT2D eigenvalue weighted by Gasteiger charge is -2.33. The van der Waals surface area contributed by atoms with Crippen LogP contribution in [0.4, 0.5) is 0 Å². The molecule has 1 heterocycles. The van der Waals surface area contributed by atoms with Gasteiger partial charge in [0.05, 0.1) is 5.41 Å². The minimum Gasteiger partial charge on any atom is -0.481 e. The molecule has 2 aromatic rings. The molecule has 0 bridgehead atoms. The summed E-state index contributed by atoms with van der Waals surface area (Å²) in [5.74, 6) is -0.680. The molecule has 0 unspecified atom stereocenters. The first kappa shape index (κ1) is 12.2. The first-order valence-corrected chi connectivity index (χ1v) is 6.80. The predicted octanol–water partition coefficient (Wildman–Crippen LogP) is 3.52. The average Bonchev–Trinajstić information content (AvgIpc) is 2.47. The van der Waals surface area contributed by atoms with Gasteiger partial charge in [-0.2, -0.15) is 0 Å². The Morgan fingerprint density at radius 3 is 2.63 bits per heavy atom. The summed E-state index contributed by atoms with van der Waals surface area (Å²) >= 11 is 0. The van der Waals surface area contributed by atoms with E-state index >= 15 is 0 Å². The van der Waals surface area contributed by atoms with Gasteiger partial charge in [-0.05, 0) is 35.9 Å². The summed E-state index contributed by atoms with van der Waals surface area (Å²) in [5.41, 5.74) is 0.258. The number of aromatic nitrogens is 1. The van der Waals surface area contributed by atoms with Crippen LogP contribution in [0, 0.1) is 0 Å². The molecular formula is C16H17NO2. The molecule has 1 fully saturated rings. The largest absolute Gasteiger partial charge is 0.481 e. The minimum absolute atomic E-state index is 0.680. The molecule has 1 aromatic carbocycles. The van der Waals surface area contributed by atoms with Crippen LogP contribution in [0.3, 0.4) is 0 Å². The van der Waals surface area contributed by atoms with E-state index in [0.717, 1.165) is 48.4 Å². The van der Waals surface area contributed by atoms with E-state index in [0.29, 0.717) is 0 Å². The van der Waals surface area contributed by atoms with E-state index in [1.165, 1.54) is 0 Å². The van der Waals surface area contributed by atoms with Crippen molar-refractivity contribution in [2.45, 2.75) is 37.5 Å². The highest BCUT2D eigenvalue weighted by atomic mass is 16.4. The molecule has 1 aliphatic rings. The molecule has 1 aliphatic carbocycles. The van der Waals surface area contributed by atoms with Gasteiger partial charge < -0.3 is 5.11 Å². The molecule has 1 aromatic heterocycles. The Labute approximate surface area is 112 Å².